The maximum absolute atomic E-state index is 13.5. The molecule has 8 atom stereocenters. The Balaban J connectivity index is 0.000000166. The van der Waals surface area contributed by atoms with Crippen LogP contribution in [0.1, 0.15) is 224 Å². The third kappa shape index (κ3) is 27.9. The second-order valence-electron chi connectivity index (χ2n) is 37.6. The van der Waals surface area contributed by atoms with Crippen LogP contribution in [0.2, 0.25) is 0 Å². The Morgan fingerprint density at radius 1 is 0.360 bits per heavy atom. The third-order valence-corrected chi connectivity index (χ3v) is 25.2. The number of benzene rings is 11. The minimum atomic E-state index is -2.83. The van der Waals surface area contributed by atoms with Gasteiger partial charge in [-0.25, -0.2) is 8.78 Å². The molecule has 0 radical (unpaired) electrons. The average molecular weight is 1880 g/mol. The Morgan fingerprint density at radius 2 is 0.683 bits per heavy atom. The van der Waals surface area contributed by atoms with Gasteiger partial charge in [-0.1, -0.05) is 166 Å². The highest BCUT2D eigenvalue weighted by atomic mass is 19.3. The fourth-order valence-electron chi connectivity index (χ4n) is 19.2. The molecule has 8 N–H and O–H groups in total. The van der Waals surface area contributed by atoms with E-state index in [4.69, 9.17) is 0 Å². The fraction of sp³-hybridized carbons (Fsp3) is 0.322. The van der Waals surface area contributed by atoms with Gasteiger partial charge >= 0.3 is 0 Å². The number of hydrogen-bond acceptors (Lipinski definition) is 12. The molecule has 0 aliphatic carbocycles. The first kappa shape index (κ1) is 103. The molecular weight excluding hydrogens is 1750 g/mol. The Hall–Kier alpha value is -14.5. The number of rotatable bonds is 25. The van der Waals surface area contributed by atoms with Gasteiger partial charge in [-0.15, -0.1) is 0 Å². The largest absolute Gasteiger partial charge is 0.378 e. The Kier molecular flexibility index (Phi) is 35.0. The molecule has 15 rings (SSSR count). The maximum Gasteiger partial charge on any atom is 0.270 e. The summed E-state index contributed by atoms with van der Waals surface area (Å²) in [6.45, 7) is 32.3. The van der Waals surface area contributed by atoms with E-state index in [9.17, 15) is 56.7 Å². The van der Waals surface area contributed by atoms with Crippen LogP contribution in [0.5, 0.6) is 0 Å². The molecule has 0 saturated carbocycles. The molecule has 724 valence electrons. The zero-order chi connectivity index (χ0) is 100. The van der Waals surface area contributed by atoms with Crippen molar-refractivity contribution in [3.8, 4) is 44.5 Å². The highest BCUT2D eigenvalue weighted by Gasteiger charge is 2.39. The highest BCUT2D eigenvalue weighted by Crippen LogP contribution is 2.46. The van der Waals surface area contributed by atoms with E-state index < -0.39 is 5.92 Å². The van der Waals surface area contributed by atoms with Crippen LogP contribution in [0, 0.1) is 5.92 Å². The SMILES string of the molecule is C=C(C)Cc1ccc(N[C@@H]2C[C@H](C)N(C(C)=O)c3ccc(-c4cccc(NC(C)=O)c4)cc32)cc1.CC(=O)Nc1cccc(-c2ccc3c(c2)[C@H](NC(=O)CC(C)C)C[C@H](C)N3C(C)=O)c1.CC(=O)Nc1cccc(-c2ccc3c(c2)[C@H](NC(=O)CCc2ccccc2)C[C@H](C)N3C(C)=O)c1.CC(=O)Nc1cccc(-c2ccc3c(c2)[C@H](NCCCc2ccc(C(C)(F)F)cc2)C[C@H](C)N3C(C)=O)c1. The molecule has 4 aliphatic rings. The number of carbonyl (C=O) groups excluding carboxylic acids is 10. The predicted molar refractivity (Wildman–Crippen MR) is 556 cm³/mol. The van der Waals surface area contributed by atoms with E-state index >= 15 is 0 Å². The third-order valence-electron chi connectivity index (χ3n) is 25.2. The molecule has 0 unspecified atom stereocenters. The number of anilines is 9. The lowest BCUT2D eigenvalue weighted by molar-refractivity contribution is -0.123. The lowest BCUT2D eigenvalue weighted by atomic mass is 9.88. The van der Waals surface area contributed by atoms with Crippen molar-refractivity contribution in [3.63, 3.8) is 0 Å². The number of amides is 10. The van der Waals surface area contributed by atoms with Crippen LogP contribution in [-0.2, 0) is 73.1 Å². The van der Waals surface area contributed by atoms with Crippen LogP contribution in [0.15, 0.2) is 261 Å². The first-order chi connectivity index (χ1) is 66.2. The van der Waals surface area contributed by atoms with Crippen LogP contribution >= 0.6 is 0 Å². The minimum absolute atomic E-state index is 0.00802. The standard InChI is InChI=1S/C31H35F2N3O2.C30H33N3O2.C29H31N3O3.C25H31N3O3/c1-20-17-29(34-16-6-7-23-10-13-26(14-11-23)31(4,32)33)28-19-25(12-15-30(28)36(20)22(3)38)24-8-5-9-27(18-24)35-21(2)37;1-19(2)15-23-9-12-26(13-10-23)32-29-16-20(3)33(22(5)35)30-14-11-25(18-28(29)30)24-7-6-8-27(17-24)31-21(4)34;1-19-16-27(31-29(35)15-12-22-8-5-4-6-9-22)26-18-24(13-14-28(26)32(19)21(3)34)23-10-7-11-25(17-23)30-20(2)33;1-15(2)11-25(31)27-23-12-16(3)28(18(5)30)24-10-9-20(14-22(23)24)19-7-6-8-21(13-19)26-17(4)29/h5,8-15,18-20,29,34H,6-7,16-17H2,1-4H3,(H,35,37);6-14,17-18,20,29,32H,1,15-16H2,2-5H3,(H,31,34);4-11,13-14,17-19,27H,12,15-16H2,1-3H3,(H,30,33)(H,31,35);6-10,13-16,23H,11-12H2,1-5H3,(H,26,29)(H,27,31)/t2*20-,29+;19-,27+;16-,23+/m0000/s1. The van der Waals surface area contributed by atoms with Gasteiger partial charge in [0.05, 0.1) is 18.1 Å². The van der Waals surface area contributed by atoms with Crippen molar-refractivity contribution in [3.05, 3.63) is 305 Å². The fourth-order valence-corrected chi connectivity index (χ4v) is 19.2. The van der Waals surface area contributed by atoms with Crippen LogP contribution in [0.3, 0.4) is 0 Å². The van der Waals surface area contributed by atoms with E-state index in [0.717, 1.165) is 180 Å². The monoisotopic (exact) mass is 1880 g/mol. The average Bonchev–Trinajstić information content (AvgIpc) is 0.778. The predicted octanol–water partition coefficient (Wildman–Crippen LogP) is 23.5. The normalized spacial score (nSPS) is 17.1. The van der Waals surface area contributed by atoms with E-state index in [2.05, 4.69) is 99.4 Å². The van der Waals surface area contributed by atoms with Crippen molar-refractivity contribution < 1.29 is 56.7 Å². The molecule has 10 amide bonds. The van der Waals surface area contributed by atoms with E-state index in [1.54, 1.807) is 49.6 Å². The highest BCUT2D eigenvalue weighted by molar-refractivity contribution is 5.99. The lowest BCUT2D eigenvalue weighted by Crippen LogP contribution is -2.45. The van der Waals surface area contributed by atoms with Gasteiger partial charge in [0.25, 0.3) is 5.92 Å². The van der Waals surface area contributed by atoms with Crippen molar-refractivity contribution in [1.82, 2.24) is 16.0 Å². The van der Waals surface area contributed by atoms with Gasteiger partial charge < -0.3 is 62.1 Å². The van der Waals surface area contributed by atoms with Gasteiger partial charge in [0.15, 0.2) is 0 Å². The second kappa shape index (κ2) is 47.0. The molecule has 24 heteroatoms. The first-order valence-corrected chi connectivity index (χ1v) is 47.8. The van der Waals surface area contributed by atoms with Gasteiger partial charge in [0, 0.05) is 162 Å². The zero-order valence-corrected chi connectivity index (χ0v) is 82.5. The quantitative estimate of drug-likeness (QED) is 0.0196. The number of carbonyl (C=O) groups is 10. The zero-order valence-electron chi connectivity index (χ0n) is 82.5. The summed E-state index contributed by atoms with van der Waals surface area (Å²) in [4.78, 5) is 129. The molecule has 139 heavy (non-hydrogen) atoms. The lowest BCUT2D eigenvalue weighted by Gasteiger charge is -2.39. The molecule has 0 bridgehead atoms. The minimum Gasteiger partial charge on any atom is -0.378 e. The summed E-state index contributed by atoms with van der Waals surface area (Å²) in [5.41, 5.74) is 23.9. The molecule has 11 aromatic carbocycles. The molecule has 0 spiro atoms. The Morgan fingerprint density at radius 3 is 1.03 bits per heavy atom. The Labute approximate surface area is 816 Å². The van der Waals surface area contributed by atoms with Crippen molar-refractivity contribution in [2.75, 3.05) is 52.7 Å². The topological polar surface area (TPSA) is 280 Å². The summed E-state index contributed by atoms with van der Waals surface area (Å²) in [6.07, 6.45) is 6.94. The number of allylic oxidation sites excluding steroid dienone is 1. The molecule has 22 nitrogen and oxygen atoms in total. The molecule has 11 aromatic rings. The summed E-state index contributed by atoms with van der Waals surface area (Å²) >= 11 is 0. The second-order valence-corrected chi connectivity index (χ2v) is 37.6. The number of nitrogens with one attached hydrogen (secondary N) is 8. The molecule has 0 fully saturated rings. The molecule has 0 saturated heterocycles. The molecule has 4 aliphatic heterocycles. The molecular formula is C115H130F2N12O10. The number of aryl methyl sites for hydroxylation is 2. The maximum atomic E-state index is 13.5. The summed E-state index contributed by atoms with van der Waals surface area (Å²) in [5.74, 6) is -2.99. The van der Waals surface area contributed by atoms with Crippen LogP contribution in [-0.4, -0.2) is 89.8 Å². The molecule has 4 heterocycles. The van der Waals surface area contributed by atoms with Gasteiger partial charge in [-0.05, 0) is 291 Å². The van der Waals surface area contributed by atoms with Gasteiger partial charge in [-0.3, -0.25) is 47.9 Å². The van der Waals surface area contributed by atoms with Gasteiger partial charge in [-0.2, -0.15) is 0 Å². The number of halogens is 2. The van der Waals surface area contributed by atoms with E-state index in [-0.39, 0.29) is 119 Å². The van der Waals surface area contributed by atoms with Gasteiger partial charge in [0.2, 0.25) is 59.1 Å². The number of nitrogens with zero attached hydrogens (tertiary/aromatic N) is 4. The van der Waals surface area contributed by atoms with Crippen LogP contribution in [0.25, 0.3) is 44.5 Å². The summed E-state index contributed by atoms with van der Waals surface area (Å²) in [5, 5.41) is 25.1. The van der Waals surface area contributed by atoms with Crippen LogP contribution < -0.4 is 62.1 Å². The smallest absolute Gasteiger partial charge is 0.270 e. The number of alkyl halides is 2. The summed E-state index contributed by atoms with van der Waals surface area (Å²) in [6, 6.07) is 80.0. The van der Waals surface area contributed by atoms with Crippen molar-refractivity contribution in [1.29, 1.82) is 0 Å². The number of hydrogen-bond donors (Lipinski definition) is 8. The van der Waals surface area contributed by atoms with E-state index in [0.29, 0.717) is 32.1 Å². The van der Waals surface area contributed by atoms with Gasteiger partial charge in [0.1, 0.15) is 0 Å². The summed E-state index contributed by atoms with van der Waals surface area (Å²) < 4.78 is 27.0. The number of fused-ring (bicyclic) bond motifs is 4. The Bertz CT molecular complexity index is 6320. The molecule has 0 aromatic heterocycles. The first-order valence-electron chi connectivity index (χ1n) is 47.8. The summed E-state index contributed by atoms with van der Waals surface area (Å²) in [7, 11) is 0. The van der Waals surface area contributed by atoms with Crippen molar-refractivity contribution in [2.24, 2.45) is 5.92 Å². The van der Waals surface area contributed by atoms with E-state index in [1.165, 1.54) is 45.4 Å². The van der Waals surface area contributed by atoms with Crippen molar-refractivity contribution in [2.45, 2.75) is 229 Å². The van der Waals surface area contributed by atoms with E-state index in [1.807, 2.05) is 232 Å². The van der Waals surface area contributed by atoms with Crippen LogP contribution in [0.4, 0.5) is 60.0 Å². The van der Waals surface area contributed by atoms with Crippen molar-refractivity contribution >= 4 is 110 Å².